The van der Waals surface area contributed by atoms with Crippen LogP contribution in [0.5, 0.6) is 0 Å². The van der Waals surface area contributed by atoms with Gasteiger partial charge in [0.2, 0.25) is 0 Å². The number of hydrogen-bond donors (Lipinski definition) is 1. The van der Waals surface area contributed by atoms with Gasteiger partial charge in [0.25, 0.3) is 5.91 Å². The first-order chi connectivity index (χ1) is 9.74. The zero-order valence-corrected chi connectivity index (χ0v) is 11.5. The Balaban J connectivity index is 1.86. The molecule has 2 unspecified atom stereocenters. The predicted octanol–water partition coefficient (Wildman–Crippen LogP) is 1.05. The number of nitrogens with zero attached hydrogens (tertiary/aromatic N) is 2. The average molecular weight is 275 g/mol. The van der Waals surface area contributed by atoms with Gasteiger partial charge in [0.1, 0.15) is 12.2 Å². The molecule has 0 bridgehead atoms. The topological polar surface area (TPSA) is 67.5 Å². The number of ether oxygens (including phenoxy) is 2. The van der Waals surface area contributed by atoms with Crippen molar-refractivity contribution in [3.8, 4) is 0 Å². The summed E-state index contributed by atoms with van der Waals surface area (Å²) in [5.74, 6) is -0.0935. The molecule has 0 spiro atoms. The summed E-state index contributed by atoms with van der Waals surface area (Å²) in [6.45, 7) is 1.05. The summed E-state index contributed by atoms with van der Waals surface area (Å²) in [4.78, 5) is 14.3. The number of carbonyl (C=O) groups excluding carboxylic acids is 1. The molecule has 6 nitrogen and oxygen atoms in total. The normalized spacial score (nSPS) is 22.6. The van der Waals surface area contributed by atoms with E-state index in [2.05, 4.69) is 10.2 Å². The Morgan fingerprint density at radius 1 is 1.25 bits per heavy atom. The Bertz CT molecular complexity index is 613. The van der Waals surface area contributed by atoms with Gasteiger partial charge >= 0.3 is 0 Å². The summed E-state index contributed by atoms with van der Waals surface area (Å²) in [7, 11) is 3.27. The lowest BCUT2D eigenvalue weighted by molar-refractivity contribution is -0.00461. The van der Waals surface area contributed by atoms with Crippen molar-refractivity contribution in [2.75, 3.05) is 27.3 Å². The minimum absolute atomic E-state index is 0.0887. The highest BCUT2D eigenvalue weighted by Crippen LogP contribution is 2.21. The zero-order valence-electron chi connectivity index (χ0n) is 11.5. The van der Waals surface area contributed by atoms with E-state index in [4.69, 9.17) is 9.47 Å². The van der Waals surface area contributed by atoms with Crippen LogP contribution in [0, 0.1) is 0 Å². The van der Waals surface area contributed by atoms with Gasteiger partial charge in [-0.2, -0.15) is 5.10 Å². The molecule has 2 atom stereocenters. The van der Waals surface area contributed by atoms with Crippen molar-refractivity contribution in [2.24, 2.45) is 0 Å². The number of benzene rings is 1. The minimum atomic E-state index is -0.0935. The quantitative estimate of drug-likeness (QED) is 0.909. The Morgan fingerprint density at radius 3 is 2.55 bits per heavy atom. The first-order valence-corrected chi connectivity index (χ1v) is 6.52. The number of hydrogen-bond acceptors (Lipinski definition) is 4. The van der Waals surface area contributed by atoms with Gasteiger partial charge in [0.05, 0.1) is 5.52 Å². The van der Waals surface area contributed by atoms with Crippen LogP contribution in [-0.2, 0) is 9.47 Å². The van der Waals surface area contributed by atoms with Crippen molar-refractivity contribution in [3.05, 3.63) is 30.0 Å². The Morgan fingerprint density at radius 2 is 1.90 bits per heavy atom. The fraction of sp³-hybridized carbons (Fsp3) is 0.429. The Hall–Kier alpha value is -1.92. The third kappa shape index (κ3) is 2.07. The van der Waals surface area contributed by atoms with Gasteiger partial charge in [-0.3, -0.25) is 9.89 Å². The highest BCUT2D eigenvalue weighted by molar-refractivity contribution is 6.04. The molecule has 0 radical (unpaired) electrons. The zero-order chi connectivity index (χ0) is 14.1. The Kier molecular flexibility index (Phi) is 3.42. The second-order valence-electron chi connectivity index (χ2n) is 4.88. The van der Waals surface area contributed by atoms with Crippen LogP contribution in [0.3, 0.4) is 0 Å². The molecule has 106 valence electrons. The second kappa shape index (κ2) is 5.22. The summed E-state index contributed by atoms with van der Waals surface area (Å²) in [5.41, 5.74) is 1.31. The summed E-state index contributed by atoms with van der Waals surface area (Å²) in [6, 6.07) is 7.60. The van der Waals surface area contributed by atoms with Gasteiger partial charge in [-0.15, -0.1) is 0 Å². The largest absolute Gasteiger partial charge is 0.377 e. The minimum Gasteiger partial charge on any atom is -0.377 e. The molecule has 0 saturated carbocycles. The maximum absolute atomic E-state index is 12.6. The SMILES string of the molecule is COC1CN(C(=O)c2n[nH]c3ccccc23)CC1OC. The lowest BCUT2D eigenvalue weighted by Gasteiger charge is -2.14. The van der Waals surface area contributed by atoms with Crippen molar-refractivity contribution in [2.45, 2.75) is 12.2 Å². The maximum atomic E-state index is 12.6. The molecule has 2 heterocycles. The summed E-state index contributed by atoms with van der Waals surface area (Å²) >= 11 is 0. The van der Waals surface area contributed by atoms with E-state index in [1.165, 1.54) is 0 Å². The van der Waals surface area contributed by atoms with E-state index in [0.717, 1.165) is 10.9 Å². The van der Waals surface area contributed by atoms with Crippen molar-refractivity contribution < 1.29 is 14.3 Å². The first-order valence-electron chi connectivity index (χ1n) is 6.52. The molecule has 20 heavy (non-hydrogen) atoms. The number of para-hydroxylation sites is 1. The molecule has 2 aromatic rings. The van der Waals surface area contributed by atoms with E-state index < -0.39 is 0 Å². The number of methoxy groups -OCH3 is 2. The van der Waals surface area contributed by atoms with Crippen molar-refractivity contribution in [1.82, 2.24) is 15.1 Å². The molecule has 1 aromatic carbocycles. The van der Waals surface area contributed by atoms with Crippen LogP contribution in [0.2, 0.25) is 0 Å². The number of nitrogens with one attached hydrogen (secondary N) is 1. The molecule has 1 N–H and O–H groups in total. The highest BCUT2D eigenvalue weighted by atomic mass is 16.5. The van der Waals surface area contributed by atoms with Gasteiger partial charge in [-0.25, -0.2) is 0 Å². The molecule has 6 heteroatoms. The molecule has 3 rings (SSSR count). The fourth-order valence-corrected chi connectivity index (χ4v) is 2.64. The standard InChI is InChI=1S/C14H17N3O3/c1-19-11-7-17(8-12(11)20-2)14(18)13-9-5-3-4-6-10(9)15-16-13/h3-6,11-12H,7-8H2,1-2H3,(H,15,16). The number of rotatable bonds is 3. The lowest BCUT2D eigenvalue weighted by Crippen LogP contribution is -2.30. The van der Waals surface area contributed by atoms with Crippen LogP contribution < -0.4 is 0 Å². The van der Waals surface area contributed by atoms with E-state index in [1.54, 1.807) is 19.1 Å². The van der Waals surface area contributed by atoms with E-state index in [1.807, 2.05) is 24.3 Å². The molecule has 1 aliphatic heterocycles. The molecule has 1 amide bonds. The lowest BCUT2D eigenvalue weighted by atomic mass is 10.2. The summed E-state index contributed by atoms with van der Waals surface area (Å²) in [5, 5.41) is 7.87. The fourth-order valence-electron chi connectivity index (χ4n) is 2.64. The monoisotopic (exact) mass is 275 g/mol. The number of H-pyrrole nitrogens is 1. The number of amides is 1. The van der Waals surface area contributed by atoms with Crippen molar-refractivity contribution in [3.63, 3.8) is 0 Å². The second-order valence-corrected chi connectivity index (χ2v) is 4.88. The van der Waals surface area contributed by atoms with Gasteiger partial charge in [0.15, 0.2) is 5.69 Å². The highest BCUT2D eigenvalue weighted by Gasteiger charge is 2.36. The van der Waals surface area contributed by atoms with Crippen molar-refractivity contribution in [1.29, 1.82) is 0 Å². The molecule has 1 fully saturated rings. The number of likely N-dealkylation sites (tertiary alicyclic amines) is 1. The molecule has 0 aliphatic carbocycles. The van der Waals surface area contributed by atoms with Gasteiger partial charge in [0, 0.05) is 32.7 Å². The van der Waals surface area contributed by atoms with E-state index in [0.29, 0.717) is 18.8 Å². The van der Waals surface area contributed by atoms with E-state index in [9.17, 15) is 4.79 Å². The molecule has 1 aromatic heterocycles. The number of aromatic nitrogens is 2. The number of fused-ring (bicyclic) bond motifs is 1. The molecule has 1 saturated heterocycles. The van der Waals surface area contributed by atoms with E-state index in [-0.39, 0.29) is 18.1 Å². The van der Waals surface area contributed by atoms with Gasteiger partial charge in [-0.1, -0.05) is 18.2 Å². The van der Waals surface area contributed by atoms with Crippen LogP contribution >= 0.6 is 0 Å². The summed E-state index contributed by atoms with van der Waals surface area (Å²) < 4.78 is 10.7. The first kappa shape index (κ1) is 13.1. The summed E-state index contributed by atoms with van der Waals surface area (Å²) in [6.07, 6.45) is -0.177. The van der Waals surface area contributed by atoms with Crippen LogP contribution in [0.15, 0.2) is 24.3 Å². The number of carbonyl (C=O) groups is 1. The maximum Gasteiger partial charge on any atom is 0.275 e. The smallest absolute Gasteiger partial charge is 0.275 e. The number of aromatic amines is 1. The van der Waals surface area contributed by atoms with E-state index >= 15 is 0 Å². The van der Waals surface area contributed by atoms with Crippen LogP contribution in [0.4, 0.5) is 0 Å². The third-order valence-electron chi connectivity index (χ3n) is 3.78. The average Bonchev–Trinajstić information content (AvgIpc) is 3.10. The van der Waals surface area contributed by atoms with Crippen LogP contribution in [0.25, 0.3) is 10.9 Å². The third-order valence-corrected chi connectivity index (χ3v) is 3.78. The van der Waals surface area contributed by atoms with Crippen LogP contribution in [-0.4, -0.2) is 60.5 Å². The van der Waals surface area contributed by atoms with Gasteiger partial charge in [-0.05, 0) is 6.07 Å². The van der Waals surface area contributed by atoms with Gasteiger partial charge < -0.3 is 14.4 Å². The Labute approximate surface area is 116 Å². The molecular weight excluding hydrogens is 258 g/mol. The molecule has 1 aliphatic rings. The predicted molar refractivity (Wildman–Crippen MR) is 73.6 cm³/mol. The van der Waals surface area contributed by atoms with Crippen LogP contribution in [0.1, 0.15) is 10.5 Å². The van der Waals surface area contributed by atoms with Crippen molar-refractivity contribution >= 4 is 16.8 Å². The molecular formula is C14H17N3O3.